The highest BCUT2D eigenvalue weighted by atomic mass is 127. The first-order valence-corrected chi connectivity index (χ1v) is 11.3. The van der Waals surface area contributed by atoms with E-state index in [9.17, 15) is 0 Å². The molecule has 6 nitrogen and oxygen atoms in total. The Morgan fingerprint density at radius 1 is 1.36 bits per heavy atom. The number of halogens is 1. The molecule has 0 radical (unpaired) electrons. The van der Waals surface area contributed by atoms with Crippen molar-refractivity contribution in [2.45, 2.75) is 49.8 Å². The van der Waals surface area contributed by atoms with Crippen LogP contribution >= 0.6 is 35.7 Å². The maximum atomic E-state index is 5.07. The number of guanidine groups is 1. The van der Waals surface area contributed by atoms with Gasteiger partial charge in [-0.1, -0.05) is 19.3 Å². The number of hydrogen-bond acceptors (Lipinski definition) is 4. The molecule has 1 spiro atoms. The largest absolute Gasteiger partial charge is 0.357 e. The highest BCUT2D eigenvalue weighted by Gasteiger charge is 2.38. The summed E-state index contributed by atoms with van der Waals surface area (Å²) in [5.41, 5.74) is 1.22. The molecule has 2 heterocycles. The van der Waals surface area contributed by atoms with Crippen molar-refractivity contribution in [1.29, 1.82) is 0 Å². The van der Waals surface area contributed by atoms with Gasteiger partial charge in [-0.15, -0.1) is 24.0 Å². The second-order valence-corrected chi connectivity index (χ2v) is 9.70. The topological polar surface area (TPSA) is 48.7 Å². The molecule has 160 valence electrons. The van der Waals surface area contributed by atoms with E-state index in [1.54, 1.807) is 0 Å². The van der Waals surface area contributed by atoms with Gasteiger partial charge in [-0.25, -0.2) is 0 Å². The van der Waals surface area contributed by atoms with E-state index in [-0.39, 0.29) is 30.0 Å². The molecule has 3 rings (SSSR count). The van der Waals surface area contributed by atoms with Crippen molar-refractivity contribution in [2.24, 2.45) is 12.0 Å². The summed E-state index contributed by atoms with van der Waals surface area (Å²) in [5, 5.41) is 7.90. The van der Waals surface area contributed by atoms with Gasteiger partial charge in [0.15, 0.2) is 5.96 Å². The van der Waals surface area contributed by atoms with E-state index in [4.69, 9.17) is 4.99 Å². The van der Waals surface area contributed by atoms with Crippen LogP contribution in [0.5, 0.6) is 0 Å². The monoisotopic (exact) mass is 520 g/mol. The highest BCUT2D eigenvalue weighted by molar-refractivity contribution is 14.0. The van der Waals surface area contributed by atoms with Gasteiger partial charge in [0, 0.05) is 48.9 Å². The molecule has 0 bridgehead atoms. The molecule has 1 N–H and O–H groups in total. The van der Waals surface area contributed by atoms with E-state index in [0.29, 0.717) is 4.75 Å². The summed E-state index contributed by atoms with van der Waals surface area (Å²) >= 11 is 2.21. The van der Waals surface area contributed by atoms with Crippen LogP contribution in [0.4, 0.5) is 0 Å². The van der Waals surface area contributed by atoms with Gasteiger partial charge in [-0.3, -0.25) is 9.67 Å². The lowest BCUT2D eigenvalue weighted by molar-refractivity contribution is 0.287. The van der Waals surface area contributed by atoms with Gasteiger partial charge < -0.3 is 15.1 Å². The van der Waals surface area contributed by atoms with Gasteiger partial charge in [0.2, 0.25) is 0 Å². The molecule has 1 unspecified atom stereocenters. The fourth-order valence-corrected chi connectivity index (χ4v) is 5.87. The summed E-state index contributed by atoms with van der Waals surface area (Å²) < 4.78 is 2.33. The minimum atomic E-state index is 0. The summed E-state index contributed by atoms with van der Waals surface area (Å²) in [7, 11) is 6.21. The van der Waals surface area contributed by atoms with Crippen LogP contribution < -0.4 is 5.32 Å². The number of nitrogens with one attached hydrogen (secondary N) is 1. The molecule has 1 aliphatic heterocycles. The molecular formula is C20H37IN6S. The van der Waals surface area contributed by atoms with Gasteiger partial charge in [-0.2, -0.15) is 16.9 Å². The van der Waals surface area contributed by atoms with Crippen LogP contribution in [0.15, 0.2) is 17.4 Å². The van der Waals surface area contributed by atoms with E-state index < -0.39 is 0 Å². The standard InChI is InChI=1S/C20H36N6S.HI/c1-5-21-19(22-14-18(24(2)3)17-13-23-25(4)15-17)26-11-12-27-20(16-26)9-7-6-8-10-20;/h13,15,18H,5-12,14,16H2,1-4H3,(H,21,22);1H. The number of hydrogen-bond donors (Lipinski definition) is 1. The van der Waals surface area contributed by atoms with E-state index in [1.807, 2.05) is 17.9 Å². The SMILES string of the molecule is CCNC(=NCC(c1cnn(C)c1)N(C)C)N1CCSC2(CCCCC2)C1.I. The van der Waals surface area contributed by atoms with Crippen LogP contribution in [0, 0.1) is 0 Å². The van der Waals surface area contributed by atoms with Crippen molar-refractivity contribution in [2.75, 3.05) is 46.0 Å². The first-order chi connectivity index (χ1) is 13.0. The lowest BCUT2D eigenvalue weighted by atomic mass is 9.87. The number of aryl methyl sites for hydroxylation is 1. The van der Waals surface area contributed by atoms with Crippen molar-refractivity contribution in [1.82, 2.24) is 24.9 Å². The second kappa shape index (κ2) is 11.1. The van der Waals surface area contributed by atoms with E-state index >= 15 is 0 Å². The lowest BCUT2D eigenvalue weighted by Gasteiger charge is -2.45. The lowest BCUT2D eigenvalue weighted by Crippen LogP contribution is -2.53. The first kappa shape index (κ1) is 23.8. The molecule has 0 aromatic carbocycles. The third-order valence-corrected chi connectivity index (χ3v) is 7.33. The second-order valence-electron chi connectivity index (χ2n) is 8.14. The maximum Gasteiger partial charge on any atom is 0.194 e. The van der Waals surface area contributed by atoms with Crippen molar-refractivity contribution in [3.63, 3.8) is 0 Å². The van der Waals surface area contributed by atoms with Gasteiger partial charge in [0.1, 0.15) is 0 Å². The maximum absolute atomic E-state index is 5.07. The third kappa shape index (κ3) is 6.01. The molecule has 1 aromatic heterocycles. The zero-order valence-electron chi connectivity index (χ0n) is 17.9. The Kier molecular flexibility index (Phi) is 9.40. The Labute approximate surface area is 191 Å². The average Bonchev–Trinajstić information content (AvgIpc) is 3.07. The zero-order chi connectivity index (χ0) is 19.3. The average molecular weight is 521 g/mol. The van der Waals surface area contributed by atoms with Gasteiger partial charge in [0.05, 0.1) is 18.8 Å². The molecule has 0 amide bonds. The molecule has 8 heteroatoms. The zero-order valence-corrected chi connectivity index (χ0v) is 21.0. The van der Waals surface area contributed by atoms with E-state index in [0.717, 1.165) is 32.1 Å². The van der Waals surface area contributed by atoms with Crippen LogP contribution in [0.1, 0.15) is 50.6 Å². The molecule has 1 aromatic rings. The minimum Gasteiger partial charge on any atom is -0.357 e. The van der Waals surface area contributed by atoms with Crippen LogP contribution in [0.25, 0.3) is 0 Å². The fourth-order valence-electron chi connectivity index (χ4n) is 4.30. The van der Waals surface area contributed by atoms with Gasteiger partial charge >= 0.3 is 0 Å². The highest BCUT2D eigenvalue weighted by Crippen LogP contribution is 2.42. The Morgan fingerprint density at radius 3 is 2.71 bits per heavy atom. The number of nitrogens with zero attached hydrogens (tertiary/aromatic N) is 5. The van der Waals surface area contributed by atoms with Crippen molar-refractivity contribution in [3.05, 3.63) is 18.0 Å². The van der Waals surface area contributed by atoms with Crippen LogP contribution in [-0.4, -0.2) is 76.3 Å². The van der Waals surface area contributed by atoms with E-state index in [2.05, 4.69) is 59.2 Å². The van der Waals surface area contributed by atoms with Crippen LogP contribution in [0.3, 0.4) is 0 Å². The Morgan fingerprint density at radius 2 is 2.11 bits per heavy atom. The summed E-state index contributed by atoms with van der Waals surface area (Å²) in [6, 6.07) is 0.246. The molecule has 2 aliphatic rings. The Bertz CT molecular complexity index is 620. The van der Waals surface area contributed by atoms with Crippen LogP contribution in [0.2, 0.25) is 0 Å². The molecule has 1 atom stereocenters. The van der Waals surface area contributed by atoms with Gasteiger partial charge in [0.25, 0.3) is 0 Å². The summed E-state index contributed by atoms with van der Waals surface area (Å²) in [6.07, 6.45) is 11.0. The number of aromatic nitrogens is 2. The first-order valence-electron chi connectivity index (χ1n) is 10.4. The van der Waals surface area contributed by atoms with Crippen molar-refractivity contribution >= 4 is 41.7 Å². The summed E-state index contributed by atoms with van der Waals surface area (Å²) in [5.74, 6) is 2.29. The van der Waals surface area contributed by atoms with Crippen LogP contribution in [-0.2, 0) is 7.05 Å². The predicted octanol–water partition coefficient (Wildman–Crippen LogP) is 3.36. The van der Waals surface area contributed by atoms with Gasteiger partial charge in [-0.05, 0) is 33.9 Å². The Balaban J connectivity index is 0.00000280. The normalized spacial score (nSPS) is 20.9. The van der Waals surface area contributed by atoms with E-state index in [1.165, 1.54) is 43.4 Å². The molecule has 1 saturated heterocycles. The molecule has 2 fully saturated rings. The number of likely N-dealkylation sites (N-methyl/N-ethyl adjacent to an activating group) is 1. The number of rotatable bonds is 5. The fraction of sp³-hybridized carbons (Fsp3) is 0.800. The molecular weight excluding hydrogens is 483 g/mol. The molecule has 1 aliphatic carbocycles. The third-order valence-electron chi connectivity index (χ3n) is 5.79. The number of thioether (sulfide) groups is 1. The molecule has 1 saturated carbocycles. The summed E-state index contributed by atoms with van der Waals surface area (Å²) in [6.45, 7) is 6.06. The number of aliphatic imine (C=N–C) groups is 1. The minimum absolute atomic E-state index is 0. The molecule has 28 heavy (non-hydrogen) atoms. The predicted molar refractivity (Wildman–Crippen MR) is 131 cm³/mol. The Hall–Kier alpha value is -0.480. The smallest absolute Gasteiger partial charge is 0.194 e. The summed E-state index contributed by atoms with van der Waals surface area (Å²) in [4.78, 5) is 9.82. The van der Waals surface area contributed by atoms with Crippen molar-refractivity contribution in [3.8, 4) is 0 Å². The van der Waals surface area contributed by atoms with Crippen molar-refractivity contribution < 1.29 is 0 Å². The quantitative estimate of drug-likeness (QED) is 0.367.